The molecular weight excluding hydrogens is 715 g/mol. The molecule has 4 unspecified atom stereocenters. The number of carbonyl (C=O) groups is 6. The molecule has 2 heterocycles. The molecule has 0 bridgehead atoms. The van der Waals surface area contributed by atoms with Crippen LogP contribution in [0, 0.1) is 11.3 Å². The number of rotatable bonds is 13. The highest BCUT2D eigenvalue weighted by Gasteiger charge is 2.50. The number of ketones is 2. The highest BCUT2D eigenvalue weighted by Crippen LogP contribution is 2.41. The fourth-order valence-corrected chi connectivity index (χ4v) is 6.77. The third kappa shape index (κ3) is 16.6. The molecule has 1 aromatic heterocycles. The van der Waals surface area contributed by atoms with Crippen molar-refractivity contribution in [1.82, 2.24) is 36.3 Å². The van der Waals surface area contributed by atoms with Gasteiger partial charge in [-0.3, -0.25) is 33.8 Å². The van der Waals surface area contributed by atoms with E-state index in [1.807, 2.05) is 27.7 Å². The lowest BCUT2D eigenvalue weighted by molar-refractivity contribution is -0.146. The maximum Gasteiger partial charge on any atom is 0.321 e. The van der Waals surface area contributed by atoms with Crippen LogP contribution in [0.4, 0.5) is 0 Å². The van der Waals surface area contributed by atoms with Gasteiger partial charge < -0.3 is 25.7 Å². The number of para-hydroxylation sites is 1. The highest BCUT2D eigenvalue weighted by atomic mass is 16.7. The van der Waals surface area contributed by atoms with Gasteiger partial charge in [0.2, 0.25) is 24.0 Å². The number of Topliss-reactive ketones (excluding diaryl/α,β-unsaturated/α-hetero) is 2. The fraction of sp³-hybridized carbons (Fsp3) is 0.619. The molecule has 0 spiro atoms. The van der Waals surface area contributed by atoms with Crippen molar-refractivity contribution in [2.45, 2.75) is 137 Å². The fourth-order valence-electron chi connectivity index (χ4n) is 6.77. The van der Waals surface area contributed by atoms with E-state index in [2.05, 4.69) is 45.2 Å². The monoisotopic (exact) mass is 779 g/mol. The molecule has 5 rings (SSSR count). The van der Waals surface area contributed by atoms with Gasteiger partial charge in [0.05, 0.1) is 19.3 Å². The van der Waals surface area contributed by atoms with E-state index >= 15 is 0 Å². The van der Waals surface area contributed by atoms with Gasteiger partial charge in [-0.2, -0.15) is 5.48 Å². The zero-order valence-electron chi connectivity index (χ0n) is 34.3. The van der Waals surface area contributed by atoms with Crippen LogP contribution in [-0.2, 0) is 24.0 Å². The molecule has 14 nitrogen and oxygen atoms in total. The van der Waals surface area contributed by atoms with Crippen LogP contribution in [-0.4, -0.2) is 88.3 Å². The van der Waals surface area contributed by atoms with Crippen LogP contribution in [0.3, 0.4) is 0 Å². The van der Waals surface area contributed by atoms with E-state index in [-0.39, 0.29) is 23.7 Å². The van der Waals surface area contributed by atoms with Crippen molar-refractivity contribution in [3.05, 3.63) is 54.6 Å². The summed E-state index contributed by atoms with van der Waals surface area (Å²) < 4.78 is 0. The number of likely N-dealkylation sites (tertiary alicyclic amines) is 1. The zero-order valence-corrected chi connectivity index (χ0v) is 34.3. The van der Waals surface area contributed by atoms with E-state index < -0.39 is 41.6 Å². The number of carbonyl (C=O) groups excluding carboxylic acids is 6. The summed E-state index contributed by atoms with van der Waals surface area (Å²) in [6.07, 6.45) is 19.5. The van der Waals surface area contributed by atoms with Gasteiger partial charge >= 0.3 is 5.91 Å². The van der Waals surface area contributed by atoms with Gasteiger partial charge in [-0.25, -0.2) is 4.98 Å². The second-order valence-corrected chi connectivity index (χ2v) is 15.3. The summed E-state index contributed by atoms with van der Waals surface area (Å²) in [4.78, 5) is 87.8. The third-order valence-corrected chi connectivity index (χ3v) is 9.56. The van der Waals surface area contributed by atoms with Crippen LogP contribution in [0.15, 0.2) is 48.9 Å². The minimum atomic E-state index is -0.995. The number of hydrogen-bond acceptors (Lipinski definition) is 10. The largest absolute Gasteiger partial charge is 0.379 e. The number of hydroxylamine groups is 1. The maximum absolute atomic E-state index is 13.6. The number of nitrogens with one attached hydrogen (secondary N) is 4. The lowest BCUT2D eigenvalue weighted by Crippen LogP contribution is -2.59. The molecule has 1 aromatic carbocycles. The van der Waals surface area contributed by atoms with E-state index in [1.165, 1.54) is 57.3 Å². The Bertz CT molecular complexity index is 1470. The van der Waals surface area contributed by atoms with Gasteiger partial charge in [0.1, 0.15) is 17.8 Å². The Morgan fingerprint density at radius 2 is 1.52 bits per heavy atom. The number of benzene rings is 1. The highest BCUT2D eigenvalue weighted by molar-refractivity contribution is 6.37. The minimum Gasteiger partial charge on any atom is -0.379 e. The predicted octanol–water partition coefficient (Wildman–Crippen LogP) is 5.13. The lowest BCUT2D eigenvalue weighted by atomic mass is 9.83. The molecule has 1 aliphatic heterocycles. The van der Waals surface area contributed by atoms with Crippen molar-refractivity contribution in [2.75, 3.05) is 19.6 Å². The summed E-state index contributed by atoms with van der Waals surface area (Å²) in [6.45, 7) is 12.3. The topological polar surface area (TPSA) is 189 Å². The number of nitrogens with zero attached hydrogens (tertiary/aromatic N) is 3. The second-order valence-electron chi connectivity index (χ2n) is 15.3. The molecule has 3 fully saturated rings. The van der Waals surface area contributed by atoms with Gasteiger partial charge in [0.25, 0.3) is 0 Å². The Labute approximate surface area is 333 Å². The van der Waals surface area contributed by atoms with Crippen molar-refractivity contribution in [2.24, 2.45) is 11.3 Å². The molecule has 0 radical (unpaired) electrons. The molecule has 1 saturated heterocycles. The molecule has 2 aromatic rings. The number of hydrogen-bond donors (Lipinski definition) is 4. The summed E-state index contributed by atoms with van der Waals surface area (Å²) in [5, 5.41) is 8.07. The SMILES string of the molecule is C1CCCCC1.CC(C)(C)C(NC=O)C(=O)N1C(C(=O)NCC(=O)C(=O)NOc2ccccc2)CC2CCCCC21.CCC.CCNCC(=O)c1cnccn1. The van der Waals surface area contributed by atoms with Gasteiger partial charge in [-0.05, 0) is 49.3 Å². The summed E-state index contributed by atoms with van der Waals surface area (Å²) >= 11 is 0. The van der Waals surface area contributed by atoms with Crippen molar-refractivity contribution in [3.8, 4) is 5.75 Å². The normalized spacial score (nSPS) is 19.0. The third-order valence-electron chi connectivity index (χ3n) is 9.56. The predicted molar refractivity (Wildman–Crippen MR) is 215 cm³/mol. The smallest absolute Gasteiger partial charge is 0.321 e. The summed E-state index contributed by atoms with van der Waals surface area (Å²) in [7, 11) is 0. The number of fused-ring (bicyclic) bond motifs is 1. The van der Waals surface area contributed by atoms with E-state index in [0.717, 1.165) is 32.2 Å². The lowest BCUT2D eigenvalue weighted by Gasteiger charge is -2.39. The minimum absolute atomic E-state index is 0.0232. The van der Waals surface area contributed by atoms with E-state index in [0.29, 0.717) is 30.8 Å². The molecule has 310 valence electrons. The molecule has 14 heteroatoms. The van der Waals surface area contributed by atoms with Crippen molar-refractivity contribution in [1.29, 1.82) is 0 Å². The molecule has 3 aliphatic rings. The second kappa shape index (κ2) is 26.2. The van der Waals surface area contributed by atoms with E-state index in [4.69, 9.17) is 4.84 Å². The Hall–Kier alpha value is -4.72. The van der Waals surface area contributed by atoms with E-state index in [1.54, 1.807) is 41.4 Å². The Balaban J connectivity index is 0.000000417. The summed E-state index contributed by atoms with van der Waals surface area (Å²) in [5.41, 5.74) is 1.92. The molecule has 56 heavy (non-hydrogen) atoms. The summed E-state index contributed by atoms with van der Waals surface area (Å²) in [6, 6.07) is 6.77. The molecule has 2 aliphatic carbocycles. The Morgan fingerprint density at radius 3 is 2.07 bits per heavy atom. The number of amides is 4. The van der Waals surface area contributed by atoms with Gasteiger partial charge in [0, 0.05) is 18.4 Å². The van der Waals surface area contributed by atoms with Gasteiger partial charge in [-0.15, -0.1) is 0 Å². The average molecular weight is 780 g/mol. The number of aromatic nitrogens is 2. The van der Waals surface area contributed by atoms with Crippen LogP contribution < -0.4 is 26.3 Å². The van der Waals surface area contributed by atoms with Crippen LogP contribution in [0.25, 0.3) is 0 Å². The quantitative estimate of drug-likeness (QED) is 0.0919. The average Bonchev–Trinajstić information content (AvgIpc) is 3.61. The first kappa shape index (κ1) is 47.4. The Morgan fingerprint density at radius 1 is 0.893 bits per heavy atom. The van der Waals surface area contributed by atoms with E-state index in [9.17, 15) is 28.8 Å². The van der Waals surface area contributed by atoms with Crippen LogP contribution in [0.1, 0.15) is 129 Å². The molecule has 4 atom stereocenters. The first-order valence-electron chi connectivity index (χ1n) is 20.2. The molecule has 4 amide bonds. The molecule has 4 N–H and O–H groups in total. The van der Waals surface area contributed by atoms with Crippen molar-refractivity contribution >= 4 is 35.7 Å². The zero-order chi connectivity index (χ0) is 41.3. The van der Waals surface area contributed by atoms with Crippen molar-refractivity contribution in [3.63, 3.8) is 0 Å². The van der Waals surface area contributed by atoms with Gasteiger partial charge in [-0.1, -0.05) is 118 Å². The first-order valence-corrected chi connectivity index (χ1v) is 20.2. The molecule has 2 saturated carbocycles. The first-order chi connectivity index (χ1) is 26.9. The molecular formula is C42H65N7O7. The standard InChI is InChI=1S/C25H34N4O6.C8H11N3O.C6H12.C3H8/c1-25(2,3)21(27-15-30)24(34)29-18-12-8-7-9-16(18)13-19(29)22(32)26-14-20(31)23(33)28-35-17-10-5-4-6-11-17;1-2-9-6-8(12)7-5-10-3-4-11-7;1-2-4-6-5-3-1;1-3-2/h4-6,10-11,15-16,18-19,21H,7-9,12-14H2,1-3H3,(H,26,32)(H,27,30)(H,28,33);3-5,9H,2,6H2,1H3;1-6H2;3H2,1-2H3. The van der Waals surface area contributed by atoms with Crippen LogP contribution >= 0.6 is 0 Å². The maximum atomic E-state index is 13.6. The summed E-state index contributed by atoms with van der Waals surface area (Å²) in [5.74, 6) is -2.15. The van der Waals surface area contributed by atoms with Gasteiger partial charge in [0.15, 0.2) is 11.5 Å². The Kier molecular flexibility index (Phi) is 22.2. The van der Waals surface area contributed by atoms with Crippen LogP contribution in [0.5, 0.6) is 5.75 Å². The van der Waals surface area contributed by atoms with Crippen molar-refractivity contribution < 1.29 is 33.6 Å². The number of likely N-dealkylation sites (N-methyl/N-ethyl adjacent to an activating group) is 1. The van der Waals surface area contributed by atoms with Crippen LogP contribution in [0.2, 0.25) is 0 Å².